The van der Waals surface area contributed by atoms with Gasteiger partial charge in [0.2, 0.25) is 0 Å². The molecule has 0 aliphatic carbocycles. The van der Waals surface area contributed by atoms with Gasteiger partial charge < -0.3 is 5.73 Å². The summed E-state index contributed by atoms with van der Waals surface area (Å²) in [6, 6.07) is 3.53. The minimum absolute atomic E-state index is 0.0917. The van der Waals surface area contributed by atoms with Crippen LogP contribution in [0.15, 0.2) is 18.2 Å². The average molecular weight is 258 g/mol. The van der Waals surface area contributed by atoms with Gasteiger partial charge in [0, 0.05) is 11.4 Å². The summed E-state index contributed by atoms with van der Waals surface area (Å²) >= 11 is 5.89. The van der Waals surface area contributed by atoms with Gasteiger partial charge in [-0.05, 0) is 30.2 Å². The van der Waals surface area contributed by atoms with E-state index in [4.69, 9.17) is 17.3 Å². The molecule has 1 aromatic rings. The molecule has 2 N–H and O–H groups in total. The number of hydrogen-bond acceptors (Lipinski definition) is 2. The van der Waals surface area contributed by atoms with Gasteiger partial charge in [-0.3, -0.25) is 4.79 Å². The number of halogens is 2. The van der Waals surface area contributed by atoms with E-state index in [0.717, 1.165) is 12.8 Å². The molecular weight excluding hydrogens is 241 g/mol. The zero-order valence-corrected chi connectivity index (χ0v) is 10.6. The van der Waals surface area contributed by atoms with Gasteiger partial charge >= 0.3 is 0 Å². The first-order chi connectivity index (χ1) is 8.04. The van der Waals surface area contributed by atoms with Crippen LogP contribution in [0.3, 0.4) is 0 Å². The Labute approximate surface area is 106 Å². The minimum atomic E-state index is -0.478. The summed E-state index contributed by atoms with van der Waals surface area (Å²) in [6.45, 7) is 2.04. The lowest BCUT2D eigenvalue weighted by Gasteiger charge is -2.10. The molecule has 0 spiro atoms. The molecule has 0 bridgehead atoms. The van der Waals surface area contributed by atoms with Crippen LogP contribution >= 0.6 is 11.6 Å². The first kappa shape index (κ1) is 14.1. The van der Waals surface area contributed by atoms with E-state index in [1.807, 2.05) is 6.92 Å². The van der Waals surface area contributed by atoms with E-state index >= 15 is 0 Å². The van der Waals surface area contributed by atoms with E-state index in [0.29, 0.717) is 17.0 Å². The second-order valence-corrected chi connectivity index (χ2v) is 4.53. The van der Waals surface area contributed by atoms with Gasteiger partial charge in [0.05, 0.1) is 6.04 Å². The largest absolute Gasteiger partial charge is 0.321 e. The first-order valence-corrected chi connectivity index (χ1v) is 6.14. The SMILES string of the molecule is CCCCC(N)C(=O)Cc1cc(F)ccc1Cl. The zero-order valence-electron chi connectivity index (χ0n) is 9.88. The molecular formula is C13H17ClFNO. The summed E-state index contributed by atoms with van der Waals surface area (Å²) in [5, 5.41) is 0.405. The Morgan fingerprint density at radius 2 is 2.24 bits per heavy atom. The highest BCUT2D eigenvalue weighted by Crippen LogP contribution is 2.18. The van der Waals surface area contributed by atoms with Crippen LogP contribution < -0.4 is 5.73 Å². The van der Waals surface area contributed by atoms with Crippen molar-refractivity contribution in [2.24, 2.45) is 5.73 Å². The second kappa shape index (κ2) is 6.72. The van der Waals surface area contributed by atoms with Gasteiger partial charge in [0.15, 0.2) is 5.78 Å². The predicted molar refractivity (Wildman–Crippen MR) is 67.6 cm³/mol. The monoisotopic (exact) mass is 257 g/mol. The van der Waals surface area contributed by atoms with Crippen molar-refractivity contribution in [1.82, 2.24) is 0 Å². The average Bonchev–Trinajstić information content (AvgIpc) is 2.30. The molecule has 0 aliphatic rings. The van der Waals surface area contributed by atoms with Crippen molar-refractivity contribution in [3.8, 4) is 0 Å². The zero-order chi connectivity index (χ0) is 12.8. The van der Waals surface area contributed by atoms with Crippen molar-refractivity contribution in [1.29, 1.82) is 0 Å². The topological polar surface area (TPSA) is 43.1 Å². The summed E-state index contributed by atoms with van der Waals surface area (Å²) in [5.41, 5.74) is 6.26. The van der Waals surface area contributed by atoms with E-state index in [9.17, 15) is 9.18 Å². The number of carbonyl (C=O) groups is 1. The van der Waals surface area contributed by atoms with Crippen LogP contribution in [0.5, 0.6) is 0 Å². The molecule has 1 rings (SSSR count). The second-order valence-electron chi connectivity index (χ2n) is 4.13. The Morgan fingerprint density at radius 3 is 2.88 bits per heavy atom. The van der Waals surface area contributed by atoms with Crippen LogP contribution in [0.4, 0.5) is 4.39 Å². The summed E-state index contributed by atoms with van der Waals surface area (Å²) in [6.07, 6.45) is 2.69. The lowest BCUT2D eigenvalue weighted by Crippen LogP contribution is -2.31. The summed E-state index contributed by atoms with van der Waals surface area (Å²) in [4.78, 5) is 11.8. The normalized spacial score (nSPS) is 12.5. The molecule has 0 saturated carbocycles. The fourth-order valence-electron chi connectivity index (χ4n) is 1.58. The van der Waals surface area contributed by atoms with Crippen molar-refractivity contribution in [2.75, 3.05) is 0 Å². The minimum Gasteiger partial charge on any atom is -0.321 e. The number of unbranched alkanes of at least 4 members (excludes halogenated alkanes) is 1. The van der Waals surface area contributed by atoms with Gasteiger partial charge in [-0.2, -0.15) is 0 Å². The van der Waals surface area contributed by atoms with Gasteiger partial charge in [0.1, 0.15) is 5.82 Å². The van der Waals surface area contributed by atoms with Crippen LogP contribution in [-0.2, 0) is 11.2 Å². The van der Waals surface area contributed by atoms with E-state index in [-0.39, 0.29) is 18.0 Å². The maximum atomic E-state index is 13.0. The van der Waals surface area contributed by atoms with Gasteiger partial charge in [-0.25, -0.2) is 4.39 Å². The molecule has 1 aromatic carbocycles. The third-order valence-corrected chi connectivity index (χ3v) is 3.02. The number of hydrogen-bond donors (Lipinski definition) is 1. The number of benzene rings is 1. The molecule has 0 heterocycles. The lowest BCUT2D eigenvalue weighted by atomic mass is 10.0. The number of nitrogens with two attached hydrogens (primary N) is 1. The number of rotatable bonds is 6. The van der Waals surface area contributed by atoms with Crippen molar-refractivity contribution in [3.63, 3.8) is 0 Å². The maximum Gasteiger partial charge on any atom is 0.153 e. The quantitative estimate of drug-likeness (QED) is 0.851. The van der Waals surface area contributed by atoms with Crippen LogP contribution in [0, 0.1) is 5.82 Å². The molecule has 1 atom stereocenters. The van der Waals surface area contributed by atoms with Crippen molar-refractivity contribution < 1.29 is 9.18 Å². The molecule has 1 unspecified atom stereocenters. The third kappa shape index (κ3) is 4.44. The molecule has 2 nitrogen and oxygen atoms in total. The Morgan fingerprint density at radius 1 is 1.53 bits per heavy atom. The molecule has 94 valence electrons. The molecule has 17 heavy (non-hydrogen) atoms. The Bertz CT molecular complexity index is 395. The van der Waals surface area contributed by atoms with Gasteiger partial charge in [-0.1, -0.05) is 31.4 Å². The molecule has 0 radical (unpaired) electrons. The first-order valence-electron chi connectivity index (χ1n) is 5.76. The number of carbonyl (C=O) groups excluding carboxylic acids is 1. The van der Waals surface area contributed by atoms with Crippen LogP contribution in [0.1, 0.15) is 31.7 Å². The lowest BCUT2D eigenvalue weighted by molar-refractivity contribution is -0.119. The standard InChI is InChI=1S/C13H17ClFNO/c1-2-3-4-12(16)13(17)8-9-7-10(15)5-6-11(9)14/h5-7,12H,2-4,8,16H2,1H3. The van der Waals surface area contributed by atoms with Crippen LogP contribution in [-0.4, -0.2) is 11.8 Å². The van der Waals surface area contributed by atoms with Crippen LogP contribution in [0.25, 0.3) is 0 Å². The smallest absolute Gasteiger partial charge is 0.153 e. The highest BCUT2D eigenvalue weighted by Gasteiger charge is 2.15. The van der Waals surface area contributed by atoms with E-state index in [1.165, 1.54) is 18.2 Å². The molecule has 0 amide bonds. The number of ketones is 1. The van der Waals surface area contributed by atoms with Gasteiger partial charge in [0.25, 0.3) is 0 Å². The highest BCUT2D eigenvalue weighted by molar-refractivity contribution is 6.31. The highest BCUT2D eigenvalue weighted by atomic mass is 35.5. The molecule has 0 fully saturated rings. The predicted octanol–water partition coefficient (Wildman–Crippen LogP) is 3.11. The van der Waals surface area contributed by atoms with Crippen molar-refractivity contribution >= 4 is 17.4 Å². The fraction of sp³-hybridized carbons (Fsp3) is 0.462. The molecule has 0 saturated heterocycles. The fourth-order valence-corrected chi connectivity index (χ4v) is 1.77. The molecule has 0 aliphatic heterocycles. The molecule has 0 aromatic heterocycles. The number of Topliss-reactive ketones (excluding diaryl/α,β-unsaturated/α-hetero) is 1. The van der Waals surface area contributed by atoms with E-state index < -0.39 is 6.04 Å². The van der Waals surface area contributed by atoms with E-state index in [1.54, 1.807) is 0 Å². The third-order valence-electron chi connectivity index (χ3n) is 2.65. The van der Waals surface area contributed by atoms with Gasteiger partial charge in [-0.15, -0.1) is 0 Å². The maximum absolute atomic E-state index is 13.0. The Balaban J connectivity index is 2.64. The summed E-state index contributed by atoms with van der Waals surface area (Å²) in [5.74, 6) is -0.481. The summed E-state index contributed by atoms with van der Waals surface area (Å²) < 4.78 is 13.0. The van der Waals surface area contributed by atoms with E-state index in [2.05, 4.69) is 0 Å². The summed E-state index contributed by atoms with van der Waals surface area (Å²) in [7, 11) is 0. The van der Waals surface area contributed by atoms with Crippen molar-refractivity contribution in [2.45, 2.75) is 38.6 Å². The van der Waals surface area contributed by atoms with Crippen LogP contribution in [0.2, 0.25) is 5.02 Å². The molecule has 4 heteroatoms. The van der Waals surface area contributed by atoms with Crippen molar-refractivity contribution in [3.05, 3.63) is 34.6 Å². The Kier molecular flexibility index (Phi) is 5.59. The Hall–Kier alpha value is -0.930.